The van der Waals surface area contributed by atoms with E-state index < -0.39 is 14.3 Å². The topological polar surface area (TPSA) is 95.0 Å². The highest BCUT2D eigenvalue weighted by Gasteiger charge is 2.39. The molecule has 0 bridgehead atoms. The third-order valence-corrected chi connectivity index (χ3v) is 3.91. The van der Waals surface area contributed by atoms with Gasteiger partial charge < -0.3 is 35.0 Å². The van der Waals surface area contributed by atoms with E-state index in [-0.39, 0.29) is 19.1 Å². The van der Waals surface area contributed by atoms with Gasteiger partial charge in [0.25, 0.3) is 0 Å². The van der Waals surface area contributed by atoms with Crippen molar-refractivity contribution in [2.24, 2.45) is 5.92 Å². The summed E-state index contributed by atoms with van der Waals surface area (Å²) in [6.07, 6.45) is 3.24. The first-order chi connectivity index (χ1) is 11.0. The van der Waals surface area contributed by atoms with Crippen LogP contribution in [0, 0.1) is 5.92 Å². The van der Waals surface area contributed by atoms with Gasteiger partial charge in [0.1, 0.15) is 0 Å². The van der Waals surface area contributed by atoms with Crippen LogP contribution in [0.2, 0.25) is 0 Å². The van der Waals surface area contributed by atoms with E-state index in [1.54, 1.807) is 0 Å². The summed E-state index contributed by atoms with van der Waals surface area (Å²) < 4.78 is 11.7. The monoisotopic (exact) mass is 327 g/mol. The quantitative estimate of drug-likeness (QED) is 0.273. The SMILES string of the molecule is CCNB(O)OC(CC1CC1)B(NCC)OC(C)B(O)NCC. The minimum atomic E-state index is -1.01. The number of nitrogens with one attached hydrogen (secondary N) is 3. The zero-order chi connectivity index (χ0) is 17.2. The Balaban J connectivity index is 2.65. The van der Waals surface area contributed by atoms with Crippen molar-refractivity contribution in [1.29, 1.82) is 0 Å². The van der Waals surface area contributed by atoms with E-state index >= 15 is 0 Å². The van der Waals surface area contributed by atoms with Gasteiger partial charge in [-0.1, -0.05) is 33.6 Å². The highest BCUT2D eigenvalue weighted by molar-refractivity contribution is 6.55. The van der Waals surface area contributed by atoms with E-state index in [9.17, 15) is 10.0 Å². The van der Waals surface area contributed by atoms with Crippen LogP contribution in [0.1, 0.15) is 47.0 Å². The molecule has 0 heterocycles. The van der Waals surface area contributed by atoms with Gasteiger partial charge in [0.05, 0.1) is 12.0 Å². The van der Waals surface area contributed by atoms with Gasteiger partial charge in [-0.3, -0.25) is 0 Å². The molecule has 2 unspecified atom stereocenters. The Bertz CT molecular complexity index is 316. The van der Waals surface area contributed by atoms with E-state index in [1.807, 2.05) is 27.7 Å². The minimum absolute atomic E-state index is 0.271. The lowest BCUT2D eigenvalue weighted by molar-refractivity contribution is 0.161. The fraction of sp³-hybridized carbons (Fsp3) is 1.00. The van der Waals surface area contributed by atoms with E-state index in [0.29, 0.717) is 19.0 Å². The predicted octanol–water partition coefficient (Wildman–Crippen LogP) is -0.570. The minimum Gasteiger partial charge on any atom is -0.436 e. The Morgan fingerprint density at radius 2 is 1.61 bits per heavy atom. The second-order valence-electron chi connectivity index (χ2n) is 6.09. The van der Waals surface area contributed by atoms with Gasteiger partial charge in [0.15, 0.2) is 0 Å². The highest BCUT2D eigenvalue weighted by atomic mass is 16.6. The zero-order valence-electron chi connectivity index (χ0n) is 14.9. The van der Waals surface area contributed by atoms with Crippen LogP contribution in [0.3, 0.4) is 0 Å². The third-order valence-electron chi connectivity index (χ3n) is 3.91. The van der Waals surface area contributed by atoms with Gasteiger partial charge in [0.2, 0.25) is 0 Å². The molecule has 0 radical (unpaired) electrons. The number of rotatable bonds is 14. The van der Waals surface area contributed by atoms with Crippen molar-refractivity contribution < 1.29 is 19.4 Å². The summed E-state index contributed by atoms with van der Waals surface area (Å²) in [5.41, 5.74) is 0. The smallest absolute Gasteiger partial charge is 0.436 e. The Kier molecular flexibility index (Phi) is 10.4. The van der Waals surface area contributed by atoms with Crippen molar-refractivity contribution in [3.63, 3.8) is 0 Å². The molecule has 0 amide bonds. The fourth-order valence-electron chi connectivity index (χ4n) is 2.47. The molecule has 1 saturated carbocycles. The van der Waals surface area contributed by atoms with Crippen LogP contribution in [0.5, 0.6) is 0 Å². The molecule has 0 aliphatic heterocycles. The molecule has 0 aromatic carbocycles. The molecule has 2 atom stereocenters. The lowest BCUT2D eigenvalue weighted by Crippen LogP contribution is -2.57. The summed E-state index contributed by atoms with van der Waals surface area (Å²) in [6.45, 7) is 9.68. The first kappa shape index (κ1) is 21.0. The predicted molar refractivity (Wildman–Crippen MR) is 95.5 cm³/mol. The molecule has 10 heteroatoms. The largest absolute Gasteiger partial charge is 0.551 e. The Labute approximate surface area is 141 Å². The number of hydrogen-bond acceptors (Lipinski definition) is 7. The highest BCUT2D eigenvalue weighted by Crippen LogP contribution is 2.34. The second kappa shape index (κ2) is 11.5. The molecule has 7 nitrogen and oxygen atoms in total. The van der Waals surface area contributed by atoms with Gasteiger partial charge in [-0.2, -0.15) is 0 Å². The molecule has 0 aromatic rings. The summed E-state index contributed by atoms with van der Waals surface area (Å²) in [7, 11) is -2.12. The van der Waals surface area contributed by atoms with Crippen LogP contribution in [0.15, 0.2) is 0 Å². The van der Waals surface area contributed by atoms with Gasteiger partial charge in [-0.15, -0.1) is 0 Å². The van der Waals surface area contributed by atoms with Crippen molar-refractivity contribution in [3.8, 4) is 0 Å². The Morgan fingerprint density at radius 1 is 1.00 bits per heavy atom. The molecule has 5 N–H and O–H groups in total. The maximum absolute atomic E-state index is 10.0. The van der Waals surface area contributed by atoms with Crippen LogP contribution in [-0.4, -0.2) is 63.0 Å². The summed E-state index contributed by atoms with van der Waals surface area (Å²) in [5.74, 6) is 0.632. The lowest BCUT2D eigenvalue weighted by Gasteiger charge is -2.29. The molecule has 1 rings (SSSR count). The Hall–Kier alpha value is -0.0852. The van der Waals surface area contributed by atoms with E-state index in [2.05, 4.69) is 15.7 Å². The molecule has 132 valence electrons. The second-order valence-corrected chi connectivity index (χ2v) is 6.09. The van der Waals surface area contributed by atoms with Crippen LogP contribution in [0.25, 0.3) is 0 Å². The van der Waals surface area contributed by atoms with Crippen LogP contribution < -0.4 is 15.7 Å². The molecule has 23 heavy (non-hydrogen) atoms. The summed E-state index contributed by atoms with van der Waals surface area (Å²) >= 11 is 0. The first-order valence-electron chi connectivity index (χ1n) is 8.88. The average Bonchev–Trinajstić information content (AvgIpc) is 3.30. The molecule has 0 aromatic heterocycles. The molecule has 0 saturated heterocycles. The fourth-order valence-corrected chi connectivity index (χ4v) is 2.47. The summed E-state index contributed by atoms with van der Waals surface area (Å²) in [5, 5.41) is 29.0. The summed E-state index contributed by atoms with van der Waals surface area (Å²) in [4.78, 5) is 0. The standard InChI is InChI=1S/C13H32B3N3O4/c1-5-17-14(20)11(4)22-15(18-6-2)13(10-12-8-9-12)23-16(21)19-7-3/h11-13,17-21H,5-10H2,1-4H3. The van der Waals surface area contributed by atoms with Gasteiger partial charge in [-0.05, 0) is 38.9 Å². The van der Waals surface area contributed by atoms with Crippen LogP contribution in [-0.2, 0) is 9.31 Å². The van der Waals surface area contributed by atoms with Crippen molar-refractivity contribution in [2.45, 2.75) is 59.0 Å². The average molecular weight is 327 g/mol. The van der Waals surface area contributed by atoms with E-state index in [0.717, 1.165) is 13.0 Å². The van der Waals surface area contributed by atoms with Crippen LogP contribution in [0.4, 0.5) is 0 Å². The summed E-state index contributed by atoms with van der Waals surface area (Å²) in [6, 6.07) is -0.659. The van der Waals surface area contributed by atoms with Gasteiger partial charge >= 0.3 is 21.4 Å². The van der Waals surface area contributed by atoms with Crippen molar-refractivity contribution >= 4 is 21.4 Å². The zero-order valence-corrected chi connectivity index (χ0v) is 14.9. The first-order valence-corrected chi connectivity index (χ1v) is 8.88. The number of hydrogen-bond donors (Lipinski definition) is 5. The molecular weight excluding hydrogens is 295 g/mol. The molecule has 1 aliphatic rings. The van der Waals surface area contributed by atoms with Crippen LogP contribution >= 0.6 is 0 Å². The normalized spacial score (nSPS) is 17.0. The van der Waals surface area contributed by atoms with Crippen molar-refractivity contribution in [3.05, 3.63) is 0 Å². The molecule has 0 spiro atoms. The van der Waals surface area contributed by atoms with Crippen molar-refractivity contribution in [2.75, 3.05) is 19.6 Å². The van der Waals surface area contributed by atoms with Gasteiger partial charge in [0, 0.05) is 0 Å². The maximum atomic E-state index is 10.0. The molecular formula is C13H32B3N3O4. The molecule has 1 fully saturated rings. The molecule has 1 aliphatic carbocycles. The van der Waals surface area contributed by atoms with Crippen molar-refractivity contribution in [1.82, 2.24) is 15.7 Å². The maximum Gasteiger partial charge on any atom is 0.551 e. The van der Waals surface area contributed by atoms with Gasteiger partial charge in [-0.25, -0.2) is 0 Å². The van der Waals surface area contributed by atoms with E-state index in [1.165, 1.54) is 12.8 Å². The van der Waals surface area contributed by atoms with E-state index in [4.69, 9.17) is 9.31 Å². The lowest BCUT2D eigenvalue weighted by atomic mass is 9.68. The Morgan fingerprint density at radius 3 is 2.13 bits per heavy atom. The third kappa shape index (κ3) is 8.53.